The number of hydrogen-bond acceptors (Lipinski definition) is 2. The number of hydrogen-bond donors (Lipinski definition) is 1. The van der Waals surface area contributed by atoms with Gasteiger partial charge in [0.05, 0.1) is 0 Å². The zero-order valence-electron chi connectivity index (χ0n) is 13.0. The van der Waals surface area contributed by atoms with Crippen molar-refractivity contribution >= 4 is 0 Å². The molecule has 0 amide bonds. The zero-order chi connectivity index (χ0) is 14.8. The van der Waals surface area contributed by atoms with Crippen LogP contribution in [-0.4, -0.2) is 32.2 Å². The smallest absolute Gasteiger partial charge is 0.261 e. The average Bonchev–Trinajstić information content (AvgIpc) is 2.46. The molecule has 1 unspecified atom stereocenters. The van der Waals surface area contributed by atoms with Crippen LogP contribution in [0.1, 0.15) is 58.8 Å². The van der Waals surface area contributed by atoms with Crippen LogP contribution < -0.4 is 5.32 Å². The van der Waals surface area contributed by atoms with Crippen LogP contribution in [0.4, 0.5) is 8.78 Å². The van der Waals surface area contributed by atoms with Crippen molar-refractivity contribution in [2.24, 2.45) is 11.8 Å². The van der Waals surface area contributed by atoms with Crippen molar-refractivity contribution in [2.45, 2.75) is 71.3 Å². The Morgan fingerprint density at radius 3 is 2.40 bits per heavy atom. The number of rotatable bonds is 10. The summed E-state index contributed by atoms with van der Waals surface area (Å²) in [6.07, 6.45) is 6.09. The van der Waals surface area contributed by atoms with E-state index in [1.807, 2.05) is 0 Å². The molecule has 20 heavy (non-hydrogen) atoms. The fourth-order valence-electron chi connectivity index (χ4n) is 3.22. The summed E-state index contributed by atoms with van der Waals surface area (Å²) >= 11 is 0. The minimum absolute atomic E-state index is 0.428. The fraction of sp³-hybridized carbons (Fsp3) is 1.00. The Hall–Kier alpha value is -0.220. The van der Waals surface area contributed by atoms with Crippen molar-refractivity contribution < 1.29 is 13.5 Å². The van der Waals surface area contributed by atoms with Crippen molar-refractivity contribution in [1.82, 2.24) is 5.32 Å². The summed E-state index contributed by atoms with van der Waals surface area (Å²) in [5, 5.41) is 3.59. The third-order valence-corrected chi connectivity index (χ3v) is 4.51. The highest BCUT2D eigenvalue weighted by atomic mass is 19.3. The van der Waals surface area contributed by atoms with Gasteiger partial charge in [-0.05, 0) is 44.1 Å². The second kappa shape index (κ2) is 10.5. The molecule has 0 aliphatic heterocycles. The van der Waals surface area contributed by atoms with E-state index in [1.165, 1.54) is 32.1 Å². The van der Waals surface area contributed by atoms with E-state index < -0.39 is 13.0 Å². The Bertz CT molecular complexity index is 231. The van der Waals surface area contributed by atoms with Gasteiger partial charge in [-0.3, -0.25) is 0 Å². The summed E-state index contributed by atoms with van der Waals surface area (Å²) < 4.78 is 29.2. The van der Waals surface area contributed by atoms with Gasteiger partial charge >= 0.3 is 0 Å². The first-order valence-electron chi connectivity index (χ1n) is 8.26. The van der Waals surface area contributed by atoms with E-state index in [0.717, 1.165) is 25.3 Å². The van der Waals surface area contributed by atoms with Gasteiger partial charge in [-0.2, -0.15) is 0 Å². The minimum Gasteiger partial charge on any atom is -0.375 e. The Morgan fingerprint density at radius 1 is 1.15 bits per heavy atom. The molecule has 1 fully saturated rings. The molecular formula is C16H31F2NO. The minimum atomic E-state index is -2.35. The first kappa shape index (κ1) is 17.8. The molecule has 0 radical (unpaired) electrons. The van der Waals surface area contributed by atoms with E-state index in [9.17, 15) is 8.78 Å². The molecule has 0 saturated heterocycles. The van der Waals surface area contributed by atoms with Gasteiger partial charge in [0, 0.05) is 12.6 Å². The van der Waals surface area contributed by atoms with Gasteiger partial charge < -0.3 is 10.1 Å². The van der Waals surface area contributed by atoms with Gasteiger partial charge in [-0.15, -0.1) is 0 Å². The maximum absolute atomic E-state index is 12.1. The number of alkyl halides is 2. The lowest BCUT2D eigenvalue weighted by atomic mass is 9.77. The molecule has 0 bridgehead atoms. The predicted molar refractivity (Wildman–Crippen MR) is 79.3 cm³/mol. The normalized spacial score (nSPS) is 25.1. The highest BCUT2D eigenvalue weighted by Crippen LogP contribution is 2.33. The molecule has 0 heterocycles. The summed E-state index contributed by atoms with van der Waals surface area (Å²) in [7, 11) is 0. The van der Waals surface area contributed by atoms with Crippen LogP contribution >= 0.6 is 0 Å². The molecule has 1 N–H and O–H groups in total. The van der Waals surface area contributed by atoms with Crippen LogP contribution in [0.5, 0.6) is 0 Å². The SMILES string of the molecule is CCCNC(CCOCC(F)F)C1CCC(CC)CC1. The predicted octanol–water partition coefficient (Wildman–Crippen LogP) is 4.24. The molecule has 1 aliphatic rings. The van der Waals surface area contributed by atoms with Crippen LogP contribution in [-0.2, 0) is 4.74 Å². The quantitative estimate of drug-likeness (QED) is 0.608. The van der Waals surface area contributed by atoms with E-state index in [4.69, 9.17) is 4.74 Å². The maximum Gasteiger partial charge on any atom is 0.261 e. The second-order valence-electron chi connectivity index (χ2n) is 6.00. The molecule has 0 aromatic rings. The first-order chi connectivity index (χ1) is 9.67. The number of ether oxygens (including phenoxy) is 1. The number of halogens is 2. The molecule has 1 saturated carbocycles. The Labute approximate surface area is 122 Å². The highest BCUT2D eigenvalue weighted by molar-refractivity contribution is 4.81. The molecular weight excluding hydrogens is 260 g/mol. The molecule has 2 nitrogen and oxygen atoms in total. The standard InChI is InChI=1S/C16H31F2NO/c1-3-10-19-15(9-11-20-12-16(17)18)14-7-5-13(4-2)6-8-14/h13-16,19H,3-12H2,1-2H3. The third kappa shape index (κ3) is 6.98. The molecule has 1 atom stereocenters. The molecule has 120 valence electrons. The summed E-state index contributed by atoms with van der Waals surface area (Å²) in [6, 6.07) is 0.436. The van der Waals surface area contributed by atoms with E-state index in [2.05, 4.69) is 19.2 Å². The van der Waals surface area contributed by atoms with E-state index >= 15 is 0 Å². The molecule has 0 spiro atoms. The van der Waals surface area contributed by atoms with Gasteiger partial charge in [-0.25, -0.2) is 8.78 Å². The van der Waals surface area contributed by atoms with Crippen LogP contribution in [0.25, 0.3) is 0 Å². The highest BCUT2D eigenvalue weighted by Gasteiger charge is 2.26. The first-order valence-corrected chi connectivity index (χ1v) is 8.26. The lowest BCUT2D eigenvalue weighted by molar-refractivity contribution is 0.0117. The third-order valence-electron chi connectivity index (χ3n) is 4.51. The Kier molecular flexibility index (Phi) is 9.36. The lowest BCUT2D eigenvalue weighted by Crippen LogP contribution is -2.39. The Morgan fingerprint density at radius 2 is 1.85 bits per heavy atom. The fourth-order valence-corrected chi connectivity index (χ4v) is 3.22. The molecule has 4 heteroatoms. The van der Waals surface area contributed by atoms with Crippen LogP contribution in [0.2, 0.25) is 0 Å². The van der Waals surface area contributed by atoms with Crippen LogP contribution in [0.15, 0.2) is 0 Å². The van der Waals surface area contributed by atoms with Gasteiger partial charge in [0.15, 0.2) is 0 Å². The monoisotopic (exact) mass is 291 g/mol. The largest absolute Gasteiger partial charge is 0.375 e. The Balaban J connectivity index is 2.31. The van der Waals surface area contributed by atoms with Crippen LogP contribution in [0.3, 0.4) is 0 Å². The average molecular weight is 291 g/mol. The van der Waals surface area contributed by atoms with Crippen molar-refractivity contribution in [3.8, 4) is 0 Å². The zero-order valence-corrected chi connectivity index (χ0v) is 13.0. The van der Waals surface area contributed by atoms with Gasteiger partial charge in [-0.1, -0.05) is 33.1 Å². The summed E-state index contributed by atoms with van der Waals surface area (Å²) in [5.41, 5.74) is 0. The molecule has 1 rings (SSSR count). The summed E-state index contributed by atoms with van der Waals surface area (Å²) in [4.78, 5) is 0. The van der Waals surface area contributed by atoms with Crippen molar-refractivity contribution in [3.63, 3.8) is 0 Å². The van der Waals surface area contributed by atoms with Crippen LogP contribution in [0, 0.1) is 11.8 Å². The second-order valence-corrected chi connectivity index (χ2v) is 6.00. The van der Waals surface area contributed by atoms with Crippen molar-refractivity contribution in [3.05, 3.63) is 0 Å². The van der Waals surface area contributed by atoms with Gasteiger partial charge in [0.25, 0.3) is 6.43 Å². The van der Waals surface area contributed by atoms with E-state index in [0.29, 0.717) is 18.6 Å². The molecule has 1 aliphatic carbocycles. The lowest BCUT2D eigenvalue weighted by Gasteiger charge is -2.34. The summed E-state index contributed by atoms with van der Waals surface area (Å²) in [5.74, 6) is 1.59. The van der Waals surface area contributed by atoms with Gasteiger partial charge in [0.2, 0.25) is 0 Å². The van der Waals surface area contributed by atoms with Gasteiger partial charge in [0.1, 0.15) is 6.61 Å². The summed E-state index contributed by atoms with van der Waals surface area (Å²) in [6.45, 7) is 5.46. The number of nitrogens with one attached hydrogen (secondary N) is 1. The van der Waals surface area contributed by atoms with Crippen molar-refractivity contribution in [2.75, 3.05) is 19.8 Å². The topological polar surface area (TPSA) is 21.3 Å². The van der Waals surface area contributed by atoms with E-state index in [1.54, 1.807) is 0 Å². The molecule has 0 aromatic heterocycles. The van der Waals surface area contributed by atoms with E-state index in [-0.39, 0.29) is 0 Å². The van der Waals surface area contributed by atoms with Crippen molar-refractivity contribution in [1.29, 1.82) is 0 Å². The molecule has 0 aromatic carbocycles. The maximum atomic E-state index is 12.1.